The molecule has 3 nitrogen and oxygen atoms in total. The van der Waals surface area contributed by atoms with Crippen LogP contribution in [0.2, 0.25) is 0 Å². The van der Waals surface area contributed by atoms with Gasteiger partial charge in [0.25, 0.3) is 0 Å². The predicted molar refractivity (Wildman–Crippen MR) is 66.7 cm³/mol. The Kier molecular flexibility index (Phi) is 4.22. The van der Waals surface area contributed by atoms with Crippen molar-refractivity contribution in [1.82, 2.24) is 10.2 Å². The van der Waals surface area contributed by atoms with Crippen LogP contribution in [0.4, 0.5) is 0 Å². The molecule has 2 aliphatic heterocycles. The summed E-state index contributed by atoms with van der Waals surface area (Å²) in [5.74, 6) is 0. The second kappa shape index (κ2) is 5.48. The molecule has 0 aromatic rings. The average molecular weight is 226 g/mol. The Morgan fingerprint density at radius 2 is 2.12 bits per heavy atom. The van der Waals surface area contributed by atoms with E-state index in [0.29, 0.717) is 11.6 Å². The Hall–Kier alpha value is -0.120. The van der Waals surface area contributed by atoms with E-state index in [1.807, 2.05) is 0 Å². The highest BCUT2D eigenvalue weighted by molar-refractivity contribution is 4.88. The van der Waals surface area contributed by atoms with Crippen LogP contribution in [0.5, 0.6) is 0 Å². The van der Waals surface area contributed by atoms with E-state index in [1.54, 1.807) is 0 Å². The van der Waals surface area contributed by atoms with Crippen molar-refractivity contribution in [3.63, 3.8) is 0 Å². The second-order valence-corrected chi connectivity index (χ2v) is 5.58. The SMILES string of the molecule is CNC1(C)CCN(CCC2CCCO2)CC1. The summed E-state index contributed by atoms with van der Waals surface area (Å²) in [5.41, 5.74) is 0.375. The predicted octanol–water partition coefficient (Wildman–Crippen LogP) is 1.63. The van der Waals surface area contributed by atoms with Crippen molar-refractivity contribution in [3.8, 4) is 0 Å². The first-order chi connectivity index (χ1) is 7.72. The molecule has 0 aromatic carbocycles. The van der Waals surface area contributed by atoms with Crippen LogP contribution in [-0.4, -0.2) is 49.8 Å². The van der Waals surface area contributed by atoms with Crippen molar-refractivity contribution in [2.24, 2.45) is 0 Å². The molecule has 0 bridgehead atoms. The Morgan fingerprint density at radius 3 is 2.69 bits per heavy atom. The van der Waals surface area contributed by atoms with Gasteiger partial charge < -0.3 is 15.0 Å². The molecular weight excluding hydrogens is 200 g/mol. The topological polar surface area (TPSA) is 24.5 Å². The summed E-state index contributed by atoms with van der Waals surface area (Å²) in [4.78, 5) is 2.60. The van der Waals surface area contributed by atoms with E-state index < -0.39 is 0 Å². The average Bonchev–Trinajstić information content (AvgIpc) is 2.81. The normalized spacial score (nSPS) is 30.8. The third-order valence-corrected chi connectivity index (χ3v) is 4.35. The molecule has 0 radical (unpaired) electrons. The highest BCUT2D eigenvalue weighted by Crippen LogP contribution is 2.22. The Bertz CT molecular complexity index is 206. The summed E-state index contributed by atoms with van der Waals surface area (Å²) in [6.45, 7) is 7.03. The number of nitrogens with one attached hydrogen (secondary N) is 1. The molecule has 0 aliphatic carbocycles. The number of hydrogen-bond donors (Lipinski definition) is 1. The molecule has 1 N–H and O–H groups in total. The van der Waals surface area contributed by atoms with Gasteiger partial charge in [0.15, 0.2) is 0 Å². The first kappa shape index (κ1) is 12.3. The molecule has 2 rings (SSSR count). The maximum absolute atomic E-state index is 5.67. The van der Waals surface area contributed by atoms with Gasteiger partial charge in [0.2, 0.25) is 0 Å². The summed E-state index contributed by atoms with van der Waals surface area (Å²) in [7, 11) is 2.09. The molecule has 0 spiro atoms. The van der Waals surface area contributed by atoms with E-state index in [4.69, 9.17) is 4.74 Å². The number of likely N-dealkylation sites (tertiary alicyclic amines) is 1. The van der Waals surface area contributed by atoms with Gasteiger partial charge in [0, 0.05) is 18.7 Å². The van der Waals surface area contributed by atoms with Crippen molar-refractivity contribution >= 4 is 0 Å². The monoisotopic (exact) mass is 226 g/mol. The van der Waals surface area contributed by atoms with Gasteiger partial charge in [0.1, 0.15) is 0 Å². The molecule has 94 valence electrons. The summed E-state index contributed by atoms with van der Waals surface area (Å²) < 4.78 is 5.67. The molecule has 3 heteroatoms. The largest absolute Gasteiger partial charge is 0.378 e. The second-order valence-electron chi connectivity index (χ2n) is 5.58. The molecule has 1 unspecified atom stereocenters. The lowest BCUT2D eigenvalue weighted by Crippen LogP contribution is -2.50. The number of piperidine rings is 1. The molecule has 2 heterocycles. The van der Waals surface area contributed by atoms with Crippen molar-refractivity contribution < 1.29 is 4.74 Å². The van der Waals surface area contributed by atoms with Gasteiger partial charge in [-0.1, -0.05) is 0 Å². The number of rotatable bonds is 4. The third kappa shape index (κ3) is 3.19. The van der Waals surface area contributed by atoms with Gasteiger partial charge in [-0.3, -0.25) is 0 Å². The number of hydrogen-bond acceptors (Lipinski definition) is 3. The molecule has 2 saturated heterocycles. The van der Waals surface area contributed by atoms with Crippen LogP contribution in [0, 0.1) is 0 Å². The fourth-order valence-electron chi connectivity index (χ4n) is 2.72. The molecule has 0 amide bonds. The van der Waals surface area contributed by atoms with Crippen LogP contribution in [-0.2, 0) is 4.74 Å². The van der Waals surface area contributed by atoms with E-state index in [1.165, 1.54) is 51.7 Å². The van der Waals surface area contributed by atoms with Crippen molar-refractivity contribution in [1.29, 1.82) is 0 Å². The summed E-state index contributed by atoms with van der Waals surface area (Å²) in [6, 6.07) is 0. The zero-order valence-corrected chi connectivity index (χ0v) is 10.8. The van der Waals surface area contributed by atoms with Crippen LogP contribution in [0.25, 0.3) is 0 Å². The number of nitrogens with zero attached hydrogens (tertiary/aromatic N) is 1. The van der Waals surface area contributed by atoms with E-state index in [0.717, 1.165) is 6.61 Å². The minimum Gasteiger partial charge on any atom is -0.378 e. The van der Waals surface area contributed by atoms with E-state index in [9.17, 15) is 0 Å². The number of ether oxygens (including phenoxy) is 1. The quantitative estimate of drug-likeness (QED) is 0.788. The minimum atomic E-state index is 0.375. The van der Waals surface area contributed by atoms with Gasteiger partial charge in [-0.2, -0.15) is 0 Å². The smallest absolute Gasteiger partial charge is 0.0588 e. The van der Waals surface area contributed by atoms with Crippen LogP contribution in [0.15, 0.2) is 0 Å². The standard InChI is InChI=1S/C13H26N2O/c1-13(14-2)6-9-15(10-7-13)8-5-12-4-3-11-16-12/h12,14H,3-11H2,1-2H3. The van der Waals surface area contributed by atoms with E-state index in [-0.39, 0.29) is 0 Å². The summed E-state index contributed by atoms with van der Waals surface area (Å²) >= 11 is 0. The molecular formula is C13H26N2O. The molecule has 2 fully saturated rings. The van der Waals surface area contributed by atoms with Crippen molar-refractivity contribution in [3.05, 3.63) is 0 Å². The molecule has 1 atom stereocenters. The van der Waals surface area contributed by atoms with Crippen molar-refractivity contribution in [2.75, 3.05) is 33.3 Å². The van der Waals surface area contributed by atoms with E-state index in [2.05, 4.69) is 24.2 Å². The van der Waals surface area contributed by atoms with Gasteiger partial charge in [-0.25, -0.2) is 0 Å². The lowest BCUT2D eigenvalue weighted by molar-refractivity contribution is 0.0811. The Morgan fingerprint density at radius 1 is 1.38 bits per heavy atom. The highest BCUT2D eigenvalue weighted by atomic mass is 16.5. The highest BCUT2D eigenvalue weighted by Gasteiger charge is 2.28. The van der Waals surface area contributed by atoms with Gasteiger partial charge in [-0.15, -0.1) is 0 Å². The fourth-order valence-corrected chi connectivity index (χ4v) is 2.72. The zero-order chi connectivity index (χ0) is 11.4. The van der Waals surface area contributed by atoms with Crippen LogP contribution in [0.1, 0.15) is 39.0 Å². The maximum Gasteiger partial charge on any atom is 0.0588 e. The molecule has 0 aromatic heterocycles. The van der Waals surface area contributed by atoms with E-state index >= 15 is 0 Å². The summed E-state index contributed by atoms with van der Waals surface area (Å²) in [5, 5.41) is 3.45. The Balaban J connectivity index is 1.65. The van der Waals surface area contributed by atoms with Crippen LogP contribution >= 0.6 is 0 Å². The summed E-state index contributed by atoms with van der Waals surface area (Å²) in [6.07, 6.45) is 6.88. The van der Waals surface area contributed by atoms with Gasteiger partial charge in [0.05, 0.1) is 6.10 Å². The lowest BCUT2D eigenvalue weighted by atomic mass is 9.90. The Labute approximate surface area is 99.5 Å². The first-order valence-corrected chi connectivity index (χ1v) is 6.75. The third-order valence-electron chi connectivity index (χ3n) is 4.35. The lowest BCUT2D eigenvalue weighted by Gasteiger charge is -2.39. The first-order valence-electron chi connectivity index (χ1n) is 6.75. The van der Waals surface area contributed by atoms with Crippen molar-refractivity contribution in [2.45, 2.75) is 50.7 Å². The molecule has 2 aliphatic rings. The zero-order valence-electron chi connectivity index (χ0n) is 10.8. The van der Waals surface area contributed by atoms with Gasteiger partial charge in [-0.05, 0) is 59.2 Å². The molecule has 0 saturated carbocycles. The van der Waals surface area contributed by atoms with Crippen LogP contribution in [0.3, 0.4) is 0 Å². The van der Waals surface area contributed by atoms with Gasteiger partial charge >= 0.3 is 0 Å². The fraction of sp³-hybridized carbons (Fsp3) is 1.00. The maximum atomic E-state index is 5.67. The molecule has 16 heavy (non-hydrogen) atoms. The minimum absolute atomic E-state index is 0.375. The van der Waals surface area contributed by atoms with Crippen LogP contribution < -0.4 is 5.32 Å².